The normalized spacial score (nSPS) is 21.0. The second-order valence-electron chi connectivity index (χ2n) is 2.43. The van der Waals surface area contributed by atoms with Crippen molar-refractivity contribution in [1.82, 2.24) is 5.32 Å². The van der Waals surface area contributed by atoms with Crippen LogP contribution in [0.15, 0.2) is 0 Å². The predicted molar refractivity (Wildman–Crippen MR) is 34.6 cm³/mol. The van der Waals surface area contributed by atoms with Crippen molar-refractivity contribution in [2.24, 2.45) is 11.7 Å². The molecule has 1 aliphatic heterocycles. The van der Waals surface area contributed by atoms with Crippen molar-refractivity contribution in [1.29, 1.82) is 0 Å². The fourth-order valence-corrected chi connectivity index (χ4v) is 1.12. The van der Waals surface area contributed by atoms with Gasteiger partial charge in [0.1, 0.15) is 0 Å². The first kappa shape index (κ1) is 9.66. The number of rotatable bonds is 1. The third-order valence-electron chi connectivity index (χ3n) is 1.79. The Hall–Kier alpha value is 0.660. The van der Waals surface area contributed by atoms with E-state index in [1.165, 1.54) is 25.9 Å². The number of piperidine rings is 1. The van der Waals surface area contributed by atoms with Gasteiger partial charge in [0, 0.05) is 22.4 Å². The molecule has 0 saturated carbocycles. The van der Waals surface area contributed by atoms with Crippen LogP contribution in [-0.4, -0.2) is 19.6 Å². The number of nitrogens with one attached hydrogen (secondary N) is 1. The molecule has 0 aromatic carbocycles. The van der Waals surface area contributed by atoms with E-state index in [1.807, 2.05) is 0 Å². The van der Waals surface area contributed by atoms with Crippen LogP contribution in [0, 0.1) is 5.92 Å². The molecule has 0 spiro atoms. The quantitative estimate of drug-likeness (QED) is 0.666. The van der Waals surface area contributed by atoms with Crippen LogP contribution >= 0.6 is 0 Å². The molecule has 2 nitrogen and oxygen atoms in total. The molecule has 0 aliphatic carbocycles. The van der Waals surface area contributed by atoms with Crippen LogP contribution in [0.2, 0.25) is 0 Å². The number of nitrogens with two attached hydrogens (primary N) is 1. The second-order valence-corrected chi connectivity index (χ2v) is 2.43. The third kappa shape index (κ3) is 3.38. The van der Waals surface area contributed by atoms with Crippen molar-refractivity contribution in [3.8, 4) is 0 Å². The zero-order valence-corrected chi connectivity index (χ0v) is 7.66. The van der Waals surface area contributed by atoms with Gasteiger partial charge in [0.25, 0.3) is 0 Å². The van der Waals surface area contributed by atoms with Gasteiger partial charge >= 0.3 is 0 Å². The topological polar surface area (TPSA) is 38.0 Å². The summed E-state index contributed by atoms with van der Waals surface area (Å²) >= 11 is 0. The summed E-state index contributed by atoms with van der Waals surface area (Å²) in [5.74, 6) is 0.802. The standard InChI is InChI=1S/C6H14N2.Au/c7-5-6-1-3-8-4-2-6;/h6,8H,1-5,7H2;. The monoisotopic (exact) mass is 311 g/mol. The average molecular weight is 311 g/mol. The predicted octanol–water partition coefficient (Wildman–Crippen LogP) is -0.0578. The van der Waals surface area contributed by atoms with Gasteiger partial charge in [0.15, 0.2) is 0 Å². The molecule has 0 atom stereocenters. The van der Waals surface area contributed by atoms with E-state index in [9.17, 15) is 0 Å². The molecule has 1 radical (unpaired) electrons. The average Bonchev–Trinajstić information content (AvgIpc) is 1.90. The van der Waals surface area contributed by atoms with E-state index < -0.39 is 0 Å². The van der Waals surface area contributed by atoms with Crippen molar-refractivity contribution in [3.05, 3.63) is 0 Å². The number of hydrogen-bond donors (Lipinski definition) is 2. The summed E-state index contributed by atoms with van der Waals surface area (Å²) in [4.78, 5) is 0. The minimum absolute atomic E-state index is 0. The van der Waals surface area contributed by atoms with Crippen molar-refractivity contribution < 1.29 is 22.4 Å². The summed E-state index contributed by atoms with van der Waals surface area (Å²) in [6, 6.07) is 0. The van der Waals surface area contributed by atoms with E-state index in [2.05, 4.69) is 5.32 Å². The first-order valence-corrected chi connectivity index (χ1v) is 3.34. The summed E-state index contributed by atoms with van der Waals surface area (Å²) in [6.45, 7) is 3.21. The maximum absolute atomic E-state index is 5.48. The molecular weight excluding hydrogens is 297 g/mol. The molecule has 9 heavy (non-hydrogen) atoms. The Morgan fingerprint density at radius 1 is 1.33 bits per heavy atom. The van der Waals surface area contributed by atoms with E-state index in [0.717, 1.165) is 12.5 Å². The van der Waals surface area contributed by atoms with Crippen LogP contribution in [0.1, 0.15) is 12.8 Å². The van der Waals surface area contributed by atoms with Gasteiger partial charge in [0.2, 0.25) is 0 Å². The first-order valence-electron chi connectivity index (χ1n) is 3.34. The molecule has 1 rings (SSSR count). The molecular formula is C6H14AuN2. The van der Waals surface area contributed by atoms with Crippen LogP contribution < -0.4 is 11.1 Å². The van der Waals surface area contributed by atoms with Gasteiger partial charge in [-0.25, -0.2) is 0 Å². The Morgan fingerprint density at radius 2 is 1.89 bits per heavy atom. The zero-order chi connectivity index (χ0) is 5.82. The molecule has 0 bridgehead atoms. The number of hydrogen-bond acceptors (Lipinski definition) is 2. The maximum atomic E-state index is 5.48. The van der Waals surface area contributed by atoms with E-state index in [1.54, 1.807) is 0 Å². The van der Waals surface area contributed by atoms with Crippen LogP contribution in [0.3, 0.4) is 0 Å². The fourth-order valence-electron chi connectivity index (χ4n) is 1.12. The van der Waals surface area contributed by atoms with E-state index >= 15 is 0 Å². The Kier molecular flexibility index (Phi) is 5.85. The van der Waals surface area contributed by atoms with Crippen molar-refractivity contribution in [2.45, 2.75) is 12.8 Å². The van der Waals surface area contributed by atoms with Gasteiger partial charge in [-0.3, -0.25) is 0 Å². The van der Waals surface area contributed by atoms with Gasteiger partial charge in [-0.2, -0.15) is 0 Å². The van der Waals surface area contributed by atoms with Gasteiger partial charge in [-0.15, -0.1) is 0 Å². The summed E-state index contributed by atoms with van der Waals surface area (Å²) in [6.07, 6.45) is 2.55. The van der Waals surface area contributed by atoms with Gasteiger partial charge in [-0.05, 0) is 38.4 Å². The minimum Gasteiger partial charge on any atom is -0.330 e. The maximum Gasteiger partial charge on any atom is 0 e. The summed E-state index contributed by atoms with van der Waals surface area (Å²) in [5, 5.41) is 3.29. The SMILES string of the molecule is NCC1CCNCC1.[Au]. The third-order valence-corrected chi connectivity index (χ3v) is 1.79. The van der Waals surface area contributed by atoms with Crippen LogP contribution in [0.25, 0.3) is 0 Å². The van der Waals surface area contributed by atoms with E-state index in [-0.39, 0.29) is 22.4 Å². The van der Waals surface area contributed by atoms with E-state index in [4.69, 9.17) is 5.73 Å². The molecule has 59 valence electrons. The van der Waals surface area contributed by atoms with E-state index in [0.29, 0.717) is 0 Å². The summed E-state index contributed by atoms with van der Waals surface area (Å²) < 4.78 is 0. The second kappa shape index (κ2) is 5.45. The van der Waals surface area contributed by atoms with Crippen LogP contribution in [-0.2, 0) is 22.4 Å². The molecule has 0 aromatic rings. The molecule has 1 saturated heterocycles. The van der Waals surface area contributed by atoms with Crippen molar-refractivity contribution in [2.75, 3.05) is 19.6 Å². The Labute approximate surface area is 72.1 Å². The molecule has 3 heteroatoms. The van der Waals surface area contributed by atoms with Crippen LogP contribution in [0.4, 0.5) is 0 Å². The Balaban J connectivity index is 0.000000640. The van der Waals surface area contributed by atoms with Gasteiger partial charge in [-0.1, -0.05) is 0 Å². The minimum atomic E-state index is 0. The van der Waals surface area contributed by atoms with Crippen molar-refractivity contribution >= 4 is 0 Å². The largest absolute Gasteiger partial charge is 0.330 e. The molecule has 3 N–H and O–H groups in total. The molecule has 1 fully saturated rings. The molecule has 1 heterocycles. The van der Waals surface area contributed by atoms with Crippen LogP contribution in [0.5, 0.6) is 0 Å². The summed E-state index contributed by atoms with van der Waals surface area (Å²) in [5.41, 5.74) is 5.48. The Morgan fingerprint density at radius 3 is 2.22 bits per heavy atom. The molecule has 0 amide bonds. The summed E-state index contributed by atoms with van der Waals surface area (Å²) in [7, 11) is 0. The fraction of sp³-hybridized carbons (Fsp3) is 1.00. The molecule has 0 unspecified atom stereocenters. The van der Waals surface area contributed by atoms with Gasteiger partial charge in [0.05, 0.1) is 0 Å². The Bertz CT molecular complexity index is 62.1. The van der Waals surface area contributed by atoms with Crippen molar-refractivity contribution in [3.63, 3.8) is 0 Å². The molecule has 1 aliphatic rings. The zero-order valence-electron chi connectivity index (χ0n) is 5.49. The first-order chi connectivity index (χ1) is 3.93. The van der Waals surface area contributed by atoms with Gasteiger partial charge < -0.3 is 11.1 Å². The smallest absolute Gasteiger partial charge is 0 e. The molecule has 0 aromatic heterocycles.